The summed E-state index contributed by atoms with van der Waals surface area (Å²) in [5, 5.41) is 8.61. The highest BCUT2D eigenvalue weighted by Crippen LogP contribution is 2.30. The Hall–Kier alpha value is -1.76. The Bertz CT molecular complexity index is 495. The molecule has 0 unspecified atom stereocenters. The number of benzene rings is 1. The van der Waals surface area contributed by atoms with Gasteiger partial charge >= 0.3 is 12.1 Å². The van der Waals surface area contributed by atoms with Crippen molar-refractivity contribution < 1.29 is 23.1 Å². The minimum atomic E-state index is -4.30. The van der Waals surface area contributed by atoms with Crippen LogP contribution in [0.4, 0.5) is 18.9 Å². The van der Waals surface area contributed by atoms with Crippen molar-refractivity contribution in [3.05, 3.63) is 29.8 Å². The first kappa shape index (κ1) is 16.6. The van der Waals surface area contributed by atoms with Gasteiger partial charge in [0.15, 0.2) is 0 Å². The molecule has 1 aromatic carbocycles. The van der Waals surface area contributed by atoms with Crippen LogP contribution >= 0.6 is 0 Å². The number of carbonyl (C=O) groups is 1. The standard InChI is InChI=1S/C15H19F3N2O2/c16-15(17,18)12-3-5-13(6-4-12)20-10-8-19(9-11-20)7-1-2-14(21)22/h3-6H,1-2,7-11H2,(H,21,22). The molecule has 1 aliphatic rings. The average molecular weight is 316 g/mol. The highest BCUT2D eigenvalue weighted by molar-refractivity contribution is 5.66. The van der Waals surface area contributed by atoms with E-state index in [0.717, 1.165) is 50.5 Å². The molecule has 1 aliphatic heterocycles. The number of halogens is 3. The Morgan fingerprint density at radius 3 is 2.18 bits per heavy atom. The number of hydrogen-bond acceptors (Lipinski definition) is 3. The zero-order valence-electron chi connectivity index (χ0n) is 12.1. The maximum atomic E-state index is 12.5. The van der Waals surface area contributed by atoms with Gasteiger partial charge in [-0.3, -0.25) is 9.69 Å². The Labute approximate surface area is 127 Å². The van der Waals surface area contributed by atoms with Gasteiger partial charge in [0.2, 0.25) is 0 Å². The van der Waals surface area contributed by atoms with Crippen molar-refractivity contribution in [1.82, 2.24) is 4.90 Å². The zero-order chi connectivity index (χ0) is 16.2. The van der Waals surface area contributed by atoms with Crippen LogP contribution in [0.3, 0.4) is 0 Å². The third-order valence-electron chi connectivity index (χ3n) is 3.80. The topological polar surface area (TPSA) is 43.8 Å². The fourth-order valence-electron chi connectivity index (χ4n) is 2.54. The Kier molecular flexibility index (Phi) is 5.28. The molecule has 7 heteroatoms. The summed E-state index contributed by atoms with van der Waals surface area (Å²) < 4.78 is 37.6. The molecule has 4 nitrogen and oxygen atoms in total. The molecule has 0 bridgehead atoms. The second kappa shape index (κ2) is 7.00. The van der Waals surface area contributed by atoms with Gasteiger partial charge in [-0.25, -0.2) is 0 Å². The highest BCUT2D eigenvalue weighted by Gasteiger charge is 2.30. The number of carboxylic acid groups (broad SMARTS) is 1. The summed E-state index contributed by atoms with van der Waals surface area (Å²) in [6.45, 7) is 3.80. The van der Waals surface area contributed by atoms with Gasteiger partial charge in [0.25, 0.3) is 0 Å². The Morgan fingerprint density at radius 2 is 1.68 bits per heavy atom. The number of carboxylic acids is 1. The van der Waals surface area contributed by atoms with E-state index in [1.54, 1.807) is 0 Å². The largest absolute Gasteiger partial charge is 0.481 e. The molecule has 1 heterocycles. The lowest BCUT2D eigenvalue weighted by Crippen LogP contribution is -2.46. The van der Waals surface area contributed by atoms with Crippen molar-refractivity contribution in [1.29, 1.82) is 0 Å². The number of alkyl halides is 3. The van der Waals surface area contributed by atoms with Gasteiger partial charge in [0, 0.05) is 38.3 Å². The summed E-state index contributed by atoms with van der Waals surface area (Å²) in [5.74, 6) is -0.789. The van der Waals surface area contributed by atoms with E-state index in [-0.39, 0.29) is 6.42 Å². The van der Waals surface area contributed by atoms with Gasteiger partial charge in [-0.05, 0) is 37.2 Å². The molecule has 0 aliphatic carbocycles. The molecule has 122 valence electrons. The fraction of sp³-hybridized carbons (Fsp3) is 0.533. The minimum absolute atomic E-state index is 0.166. The monoisotopic (exact) mass is 316 g/mol. The van der Waals surface area contributed by atoms with Crippen LogP contribution in [0.15, 0.2) is 24.3 Å². The van der Waals surface area contributed by atoms with Crippen LogP contribution in [-0.2, 0) is 11.0 Å². The first-order chi connectivity index (χ1) is 10.4. The third kappa shape index (κ3) is 4.62. The maximum absolute atomic E-state index is 12.5. The van der Waals surface area contributed by atoms with Gasteiger partial charge in [0.1, 0.15) is 0 Å². The lowest BCUT2D eigenvalue weighted by Gasteiger charge is -2.36. The van der Waals surface area contributed by atoms with Crippen LogP contribution in [0.1, 0.15) is 18.4 Å². The van der Waals surface area contributed by atoms with E-state index < -0.39 is 17.7 Å². The van der Waals surface area contributed by atoms with Crippen LogP contribution in [-0.4, -0.2) is 48.7 Å². The highest BCUT2D eigenvalue weighted by atomic mass is 19.4. The van der Waals surface area contributed by atoms with Gasteiger partial charge < -0.3 is 10.0 Å². The van der Waals surface area contributed by atoms with E-state index in [4.69, 9.17) is 5.11 Å². The molecule has 0 aromatic heterocycles. The molecule has 0 amide bonds. The first-order valence-electron chi connectivity index (χ1n) is 7.22. The second-order valence-electron chi connectivity index (χ2n) is 5.37. The number of nitrogens with zero attached hydrogens (tertiary/aromatic N) is 2. The van der Waals surface area contributed by atoms with Crippen LogP contribution in [0.2, 0.25) is 0 Å². The van der Waals surface area contributed by atoms with Crippen molar-refractivity contribution >= 4 is 11.7 Å². The summed E-state index contributed by atoms with van der Waals surface area (Å²) in [4.78, 5) is 14.7. The molecule has 0 atom stereocenters. The summed E-state index contributed by atoms with van der Waals surface area (Å²) in [5.41, 5.74) is 0.154. The molecule has 2 rings (SSSR count). The fourth-order valence-corrected chi connectivity index (χ4v) is 2.54. The first-order valence-corrected chi connectivity index (χ1v) is 7.22. The zero-order valence-corrected chi connectivity index (χ0v) is 12.1. The number of rotatable bonds is 5. The number of aliphatic carboxylic acids is 1. The normalized spacial score (nSPS) is 16.8. The van der Waals surface area contributed by atoms with Gasteiger partial charge in [-0.15, -0.1) is 0 Å². The predicted molar refractivity (Wildman–Crippen MR) is 77.0 cm³/mol. The average Bonchev–Trinajstić information content (AvgIpc) is 2.47. The lowest BCUT2D eigenvalue weighted by molar-refractivity contribution is -0.138. The summed E-state index contributed by atoms with van der Waals surface area (Å²) in [6.07, 6.45) is -3.52. The SMILES string of the molecule is O=C(O)CCCN1CCN(c2ccc(C(F)(F)F)cc2)CC1. The van der Waals surface area contributed by atoms with E-state index in [0.29, 0.717) is 6.42 Å². The molecule has 1 N–H and O–H groups in total. The molecule has 0 radical (unpaired) electrons. The lowest BCUT2D eigenvalue weighted by atomic mass is 10.1. The predicted octanol–water partition coefficient (Wildman–Crippen LogP) is 2.69. The molecule has 0 spiro atoms. The smallest absolute Gasteiger partial charge is 0.416 e. The third-order valence-corrected chi connectivity index (χ3v) is 3.80. The van der Waals surface area contributed by atoms with E-state index in [1.807, 2.05) is 4.90 Å². The maximum Gasteiger partial charge on any atom is 0.416 e. The van der Waals surface area contributed by atoms with Gasteiger partial charge in [0.05, 0.1) is 5.56 Å². The molecule has 22 heavy (non-hydrogen) atoms. The minimum Gasteiger partial charge on any atom is -0.481 e. The molecule has 1 fully saturated rings. The summed E-state index contributed by atoms with van der Waals surface area (Å²) >= 11 is 0. The van der Waals surface area contributed by atoms with Crippen LogP contribution in [0.5, 0.6) is 0 Å². The van der Waals surface area contributed by atoms with Crippen LogP contribution in [0.25, 0.3) is 0 Å². The molecular weight excluding hydrogens is 297 g/mol. The summed E-state index contributed by atoms with van der Waals surface area (Å²) in [6, 6.07) is 5.22. The van der Waals surface area contributed by atoms with Gasteiger partial charge in [-0.1, -0.05) is 0 Å². The van der Waals surface area contributed by atoms with E-state index in [9.17, 15) is 18.0 Å². The Balaban J connectivity index is 1.82. The molecule has 1 saturated heterocycles. The van der Waals surface area contributed by atoms with E-state index in [2.05, 4.69) is 4.90 Å². The van der Waals surface area contributed by atoms with E-state index >= 15 is 0 Å². The molecule has 0 saturated carbocycles. The number of anilines is 1. The van der Waals surface area contributed by atoms with Crippen LogP contribution in [0, 0.1) is 0 Å². The van der Waals surface area contributed by atoms with Crippen molar-refractivity contribution in [2.24, 2.45) is 0 Å². The second-order valence-corrected chi connectivity index (χ2v) is 5.37. The van der Waals surface area contributed by atoms with Crippen molar-refractivity contribution in [2.45, 2.75) is 19.0 Å². The quantitative estimate of drug-likeness (QED) is 0.907. The van der Waals surface area contributed by atoms with E-state index in [1.165, 1.54) is 12.1 Å². The number of hydrogen-bond donors (Lipinski definition) is 1. The van der Waals surface area contributed by atoms with Crippen molar-refractivity contribution in [3.8, 4) is 0 Å². The molecular formula is C15H19F3N2O2. The summed E-state index contributed by atoms with van der Waals surface area (Å²) in [7, 11) is 0. The number of piperazine rings is 1. The van der Waals surface area contributed by atoms with Crippen LogP contribution < -0.4 is 4.90 Å². The van der Waals surface area contributed by atoms with Crippen molar-refractivity contribution in [3.63, 3.8) is 0 Å². The van der Waals surface area contributed by atoms with Crippen molar-refractivity contribution in [2.75, 3.05) is 37.6 Å². The van der Waals surface area contributed by atoms with Gasteiger partial charge in [-0.2, -0.15) is 13.2 Å². The molecule has 1 aromatic rings. The Morgan fingerprint density at radius 1 is 1.09 bits per heavy atom.